The van der Waals surface area contributed by atoms with Crippen LogP contribution in [0.3, 0.4) is 0 Å². The maximum absolute atomic E-state index is 2.43. The average molecular weight is 413 g/mol. The third-order valence-corrected chi connectivity index (χ3v) is 9.28. The molecule has 0 amide bonds. The highest BCUT2D eigenvalue weighted by atomic mass is 31.1. The minimum Gasteiger partial charge on any atom is -0.343 e. The molecule has 1 nitrogen and oxygen atoms in total. The van der Waals surface area contributed by atoms with E-state index in [1.54, 1.807) is 0 Å². The highest BCUT2D eigenvalue weighted by molar-refractivity contribution is 7.68. The van der Waals surface area contributed by atoms with Crippen LogP contribution in [0.2, 0.25) is 0 Å². The lowest BCUT2D eigenvalue weighted by molar-refractivity contribution is 1.02. The predicted molar refractivity (Wildman–Crippen MR) is 137 cm³/mol. The van der Waals surface area contributed by atoms with Gasteiger partial charge in [0.2, 0.25) is 0 Å². The molecule has 0 aliphatic heterocycles. The summed E-state index contributed by atoms with van der Waals surface area (Å²) < 4.78 is 2.43. The summed E-state index contributed by atoms with van der Waals surface area (Å²) in [7, 11) is 1.65. The summed E-state index contributed by atoms with van der Waals surface area (Å²) in [6.07, 6.45) is 0. The van der Waals surface area contributed by atoms with Crippen LogP contribution in [0.4, 0.5) is 0 Å². The molecular formula is C29H20NP. The van der Waals surface area contributed by atoms with Crippen LogP contribution in [0, 0.1) is 0 Å². The molecule has 0 saturated heterocycles. The van der Waals surface area contributed by atoms with Crippen LogP contribution in [0.25, 0.3) is 58.9 Å². The zero-order chi connectivity index (χ0) is 20.5. The monoisotopic (exact) mass is 413 g/mol. The first-order valence-corrected chi connectivity index (χ1v) is 12.0. The van der Waals surface area contributed by atoms with Crippen molar-refractivity contribution in [1.82, 2.24) is 4.57 Å². The minimum atomic E-state index is -0.589. The van der Waals surface area contributed by atoms with E-state index in [1.165, 1.54) is 58.9 Å². The zero-order valence-corrected chi connectivity index (χ0v) is 18.1. The zero-order valence-electron chi connectivity index (χ0n) is 17.2. The molecule has 2 aromatic heterocycles. The van der Waals surface area contributed by atoms with E-state index in [2.05, 4.69) is 115 Å². The number of hydrogen-bond acceptors (Lipinski definition) is 0. The summed E-state index contributed by atoms with van der Waals surface area (Å²) in [5.74, 6) is 0. The van der Waals surface area contributed by atoms with Crippen molar-refractivity contribution in [3.05, 3.63) is 103 Å². The SMILES string of the molecule is Cn1c2ccc3ccccc3c2c2ccc3c4ccccc4p(-c4ccccc4)c3c21. The second-order valence-corrected chi connectivity index (χ2v) is 10.4. The van der Waals surface area contributed by atoms with E-state index in [0.29, 0.717) is 0 Å². The van der Waals surface area contributed by atoms with Gasteiger partial charge in [-0.3, -0.25) is 0 Å². The molecule has 31 heavy (non-hydrogen) atoms. The minimum absolute atomic E-state index is 0.589. The van der Waals surface area contributed by atoms with E-state index in [4.69, 9.17) is 0 Å². The molecule has 7 aromatic rings. The van der Waals surface area contributed by atoms with Gasteiger partial charge in [-0.15, -0.1) is 0 Å². The average Bonchev–Trinajstić information content (AvgIpc) is 3.32. The van der Waals surface area contributed by atoms with Crippen LogP contribution >= 0.6 is 7.53 Å². The van der Waals surface area contributed by atoms with Crippen molar-refractivity contribution in [2.45, 2.75) is 0 Å². The Balaban J connectivity index is 1.80. The van der Waals surface area contributed by atoms with Gasteiger partial charge in [0.1, 0.15) is 0 Å². The lowest BCUT2D eigenvalue weighted by Gasteiger charge is -2.06. The highest BCUT2D eigenvalue weighted by Crippen LogP contribution is 2.57. The molecule has 7 rings (SSSR count). The van der Waals surface area contributed by atoms with Gasteiger partial charge in [0.15, 0.2) is 0 Å². The van der Waals surface area contributed by atoms with Gasteiger partial charge in [-0.25, -0.2) is 0 Å². The van der Waals surface area contributed by atoms with Gasteiger partial charge in [0.05, 0.1) is 5.52 Å². The van der Waals surface area contributed by atoms with Crippen LogP contribution in [-0.2, 0) is 7.05 Å². The maximum Gasteiger partial charge on any atom is 0.0612 e. The smallest absolute Gasteiger partial charge is 0.0612 e. The van der Waals surface area contributed by atoms with E-state index in [9.17, 15) is 0 Å². The number of aryl methyl sites for hydroxylation is 1. The van der Waals surface area contributed by atoms with E-state index in [1.807, 2.05) is 0 Å². The van der Waals surface area contributed by atoms with Crippen molar-refractivity contribution in [3.8, 4) is 5.30 Å². The molecule has 1 atom stereocenters. The van der Waals surface area contributed by atoms with Gasteiger partial charge in [0.25, 0.3) is 0 Å². The van der Waals surface area contributed by atoms with Crippen molar-refractivity contribution in [2.75, 3.05) is 0 Å². The number of rotatable bonds is 1. The van der Waals surface area contributed by atoms with Gasteiger partial charge in [-0.05, 0) is 32.9 Å². The summed E-state index contributed by atoms with van der Waals surface area (Å²) in [4.78, 5) is 0. The largest absolute Gasteiger partial charge is 0.343 e. The second-order valence-electron chi connectivity index (χ2n) is 8.29. The maximum atomic E-state index is 2.43. The van der Waals surface area contributed by atoms with Crippen molar-refractivity contribution in [1.29, 1.82) is 0 Å². The van der Waals surface area contributed by atoms with E-state index < -0.39 is 7.53 Å². The molecule has 2 heteroatoms. The van der Waals surface area contributed by atoms with E-state index >= 15 is 0 Å². The van der Waals surface area contributed by atoms with Crippen LogP contribution in [0.5, 0.6) is 0 Å². The lowest BCUT2D eigenvalue weighted by Crippen LogP contribution is -1.86. The van der Waals surface area contributed by atoms with Gasteiger partial charge in [0, 0.05) is 33.6 Å². The molecule has 0 saturated carbocycles. The number of hydrogen-bond donors (Lipinski definition) is 0. The highest BCUT2D eigenvalue weighted by Gasteiger charge is 2.20. The first kappa shape index (κ1) is 17.2. The third-order valence-electron chi connectivity index (χ3n) is 6.70. The predicted octanol–water partition coefficient (Wildman–Crippen LogP) is 8.77. The Labute approximate surface area is 181 Å². The van der Waals surface area contributed by atoms with Crippen LogP contribution in [-0.4, -0.2) is 4.57 Å². The van der Waals surface area contributed by atoms with Crippen molar-refractivity contribution in [3.63, 3.8) is 0 Å². The molecule has 0 bridgehead atoms. The first-order valence-electron chi connectivity index (χ1n) is 10.7. The Morgan fingerprint density at radius 2 is 1.29 bits per heavy atom. The molecule has 5 aromatic carbocycles. The molecule has 146 valence electrons. The Morgan fingerprint density at radius 1 is 0.581 bits per heavy atom. The Kier molecular flexibility index (Phi) is 3.45. The number of fused-ring (bicyclic) bond motifs is 9. The summed E-state index contributed by atoms with van der Waals surface area (Å²) in [6.45, 7) is 0. The normalized spacial score (nSPS) is 12.6. The molecule has 0 aliphatic rings. The van der Waals surface area contributed by atoms with Gasteiger partial charge in [-0.1, -0.05) is 105 Å². The fourth-order valence-corrected chi connectivity index (χ4v) is 8.21. The van der Waals surface area contributed by atoms with Gasteiger partial charge in [-0.2, -0.15) is 0 Å². The molecule has 2 heterocycles. The summed E-state index contributed by atoms with van der Waals surface area (Å²) in [5, 5.41) is 12.6. The standard InChI is InChI=1S/C29H20NP/c1-30-25-18-15-19-9-5-6-12-21(19)27(25)24-17-16-23-22-13-7-8-14-26(22)31(29(23)28(24)30)20-10-3-2-4-11-20/h2-18H,1H3. The lowest BCUT2D eigenvalue weighted by atomic mass is 10.0. The first-order chi connectivity index (χ1) is 15.3. The van der Waals surface area contributed by atoms with Crippen LogP contribution < -0.4 is 0 Å². The number of benzene rings is 5. The molecule has 1 unspecified atom stereocenters. The molecule has 0 N–H and O–H groups in total. The van der Waals surface area contributed by atoms with Crippen LogP contribution in [0.15, 0.2) is 103 Å². The third kappa shape index (κ3) is 2.22. The molecule has 0 aliphatic carbocycles. The van der Waals surface area contributed by atoms with E-state index in [0.717, 1.165) is 0 Å². The van der Waals surface area contributed by atoms with Gasteiger partial charge >= 0.3 is 0 Å². The fraction of sp³-hybridized carbons (Fsp3) is 0.0345. The molecule has 0 spiro atoms. The fourth-order valence-electron chi connectivity index (χ4n) is 5.37. The van der Waals surface area contributed by atoms with Crippen molar-refractivity contribution >= 4 is 61.1 Å². The van der Waals surface area contributed by atoms with E-state index in [-0.39, 0.29) is 0 Å². The van der Waals surface area contributed by atoms with Crippen molar-refractivity contribution in [2.24, 2.45) is 7.05 Å². The summed E-state index contributed by atoms with van der Waals surface area (Å²) in [5.41, 5.74) is 2.69. The summed E-state index contributed by atoms with van der Waals surface area (Å²) in [6, 6.07) is 38.1. The number of nitrogens with zero attached hydrogens (tertiary/aromatic N) is 1. The summed E-state index contributed by atoms with van der Waals surface area (Å²) >= 11 is 0. The van der Waals surface area contributed by atoms with Crippen molar-refractivity contribution < 1.29 is 0 Å². The number of aromatic nitrogens is 1. The van der Waals surface area contributed by atoms with Crippen LogP contribution in [0.1, 0.15) is 0 Å². The van der Waals surface area contributed by atoms with Gasteiger partial charge < -0.3 is 4.57 Å². The second kappa shape index (κ2) is 6.23. The molecule has 0 fully saturated rings. The Bertz CT molecular complexity index is 1780. The molecular weight excluding hydrogens is 393 g/mol. The quantitative estimate of drug-likeness (QED) is 0.253. The Morgan fingerprint density at radius 3 is 2.16 bits per heavy atom. The Hall–Kier alpha value is -3.54. The topological polar surface area (TPSA) is 4.93 Å². The molecule has 0 radical (unpaired) electrons.